The van der Waals surface area contributed by atoms with Crippen LogP contribution in [-0.4, -0.2) is 30.6 Å². The standard InChI is InChI=1S/C8H16N2O/c1-5-6-10(7(2)3)8(11)9-4/h5,7H,1,6H2,2-4H3,(H,9,11). The summed E-state index contributed by atoms with van der Waals surface area (Å²) >= 11 is 0. The minimum Gasteiger partial charge on any atom is -0.341 e. The van der Waals surface area contributed by atoms with Crippen molar-refractivity contribution in [1.82, 2.24) is 10.2 Å². The Bertz CT molecular complexity index is 143. The van der Waals surface area contributed by atoms with Gasteiger partial charge in [-0.3, -0.25) is 0 Å². The molecule has 0 aliphatic rings. The highest BCUT2D eigenvalue weighted by molar-refractivity contribution is 5.74. The van der Waals surface area contributed by atoms with Crippen LogP contribution in [0.1, 0.15) is 13.8 Å². The zero-order valence-corrected chi connectivity index (χ0v) is 7.42. The maximum absolute atomic E-state index is 11.1. The van der Waals surface area contributed by atoms with Crippen LogP contribution in [0.15, 0.2) is 12.7 Å². The first-order valence-corrected chi connectivity index (χ1v) is 3.72. The molecule has 0 spiro atoms. The number of urea groups is 1. The normalized spacial score (nSPS) is 9.45. The van der Waals surface area contributed by atoms with Crippen LogP contribution in [0.2, 0.25) is 0 Å². The summed E-state index contributed by atoms with van der Waals surface area (Å²) < 4.78 is 0. The van der Waals surface area contributed by atoms with Crippen molar-refractivity contribution in [3.8, 4) is 0 Å². The molecule has 2 amide bonds. The van der Waals surface area contributed by atoms with E-state index in [9.17, 15) is 4.79 Å². The molecule has 3 heteroatoms. The molecule has 0 aromatic rings. The fourth-order valence-electron chi connectivity index (χ4n) is 0.811. The third-order valence-corrected chi connectivity index (χ3v) is 1.42. The third-order valence-electron chi connectivity index (χ3n) is 1.42. The van der Waals surface area contributed by atoms with Crippen LogP contribution < -0.4 is 5.32 Å². The Morgan fingerprint density at radius 2 is 2.27 bits per heavy atom. The van der Waals surface area contributed by atoms with E-state index in [2.05, 4.69) is 11.9 Å². The van der Waals surface area contributed by atoms with E-state index in [1.807, 2.05) is 13.8 Å². The van der Waals surface area contributed by atoms with Crippen molar-refractivity contribution in [3.63, 3.8) is 0 Å². The zero-order valence-electron chi connectivity index (χ0n) is 7.42. The second kappa shape index (κ2) is 4.77. The molecule has 0 unspecified atom stereocenters. The summed E-state index contributed by atoms with van der Waals surface area (Å²) in [5.74, 6) is 0. The lowest BCUT2D eigenvalue weighted by Crippen LogP contribution is -2.42. The minimum absolute atomic E-state index is 0.0556. The summed E-state index contributed by atoms with van der Waals surface area (Å²) in [6.45, 7) is 8.11. The van der Waals surface area contributed by atoms with Crippen molar-refractivity contribution in [2.24, 2.45) is 0 Å². The molecule has 0 saturated heterocycles. The fraction of sp³-hybridized carbons (Fsp3) is 0.625. The van der Waals surface area contributed by atoms with E-state index in [0.717, 1.165) is 0 Å². The van der Waals surface area contributed by atoms with E-state index in [1.54, 1.807) is 18.0 Å². The molecule has 0 aliphatic heterocycles. The summed E-state index contributed by atoms with van der Waals surface area (Å²) in [6.07, 6.45) is 1.72. The predicted molar refractivity (Wildman–Crippen MR) is 46.5 cm³/mol. The first-order chi connectivity index (χ1) is 5.13. The Kier molecular flexibility index (Phi) is 4.34. The Morgan fingerprint density at radius 1 is 1.73 bits per heavy atom. The van der Waals surface area contributed by atoms with E-state index in [-0.39, 0.29) is 12.1 Å². The van der Waals surface area contributed by atoms with Crippen molar-refractivity contribution < 1.29 is 4.79 Å². The first-order valence-electron chi connectivity index (χ1n) is 3.72. The summed E-state index contributed by atoms with van der Waals surface area (Å²) in [5.41, 5.74) is 0. The number of hydrogen-bond acceptors (Lipinski definition) is 1. The predicted octanol–water partition coefficient (Wildman–Crippen LogP) is 1.22. The lowest BCUT2D eigenvalue weighted by Gasteiger charge is -2.24. The van der Waals surface area contributed by atoms with Crippen molar-refractivity contribution in [1.29, 1.82) is 0 Å². The van der Waals surface area contributed by atoms with Gasteiger partial charge in [-0.25, -0.2) is 4.79 Å². The Morgan fingerprint density at radius 3 is 2.55 bits per heavy atom. The number of nitrogens with zero attached hydrogens (tertiary/aromatic N) is 1. The van der Waals surface area contributed by atoms with Crippen LogP contribution in [0.25, 0.3) is 0 Å². The number of carbonyl (C=O) groups excluding carboxylic acids is 1. The summed E-state index contributed by atoms with van der Waals surface area (Å²) in [7, 11) is 1.63. The van der Waals surface area contributed by atoms with E-state index >= 15 is 0 Å². The number of nitrogens with one attached hydrogen (secondary N) is 1. The lowest BCUT2D eigenvalue weighted by atomic mass is 10.3. The Balaban J connectivity index is 4.08. The minimum atomic E-state index is -0.0556. The van der Waals surface area contributed by atoms with Gasteiger partial charge in [-0.1, -0.05) is 6.08 Å². The van der Waals surface area contributed by atoms with Gasteiger partial charge in [-0.2, -0.15) is 0 Å². The summed E-state index contributed by atoms with van der Waals surface area (Å²) in [5, 5.41) is 2.57. The van der Waals surface area contributed by atoms with Gasteiger partial charge in [-0.15, -0.1) is 6.58 Å². The molecular weight excluding hydrogens is 140 g/mol. The average molecular weight is 156 g/mol. The van der Waals surface area contributed by atoms with E-state index in [4.69, 9.17) is 0 Å². The molecule has 11 heavy (non-hydrogen) atoms. The molecule has 0 aromatic carbocycles. The molecule has 3 nitrogen and oxygen atoms in total. The molecule has 0 aromatic heterocycles. The maximum Gasteiger partial charge on any atom is 0.317 e. The van der Waals surface area contributed by atoms with Crippen molar-refractivity contribution in [3.05, 3.63) is 12.7 Å². The van der Waals surface area contributed by atoms with Crippen LogP contribution in [0, 0.1) is 0 Å². The monoisotopic (exact) mass is 156 g/mol. The van der Waals surface area contributed by atoms with Crippen molar-refractivity contribution >= 4 is 6.03 Å². The summed E-state index contributed by atoms with van der Waals surface area (Å²) in [6, 6.07) is 0.160. The molecule has 0 radical (unpaired) electrons. The molecule has 0 rings (SSSR count). The second-order valence-electron chi connectivity index (χ2n) is 2.59. The van der Waals surface area contributed by atoms with Gasteiger partial charge in [-0.05, 0) is 13.8 Å². The van der Waals surface area contributed by atoms with Gasteiger partial charge >= 0.3 is 6.03 Å². The summed E-state index contributed by atoms with van der Waals surface area (Å²) in [4.78, 5) is 12.8. The van der Waals surface area contributed by atoms with Gasteiger partial charge in [0.2, 0.25) is 0 Å². The van der Waals surface area contributed by atoms with Crippen LogP contribution >= 0.6 is 0 Å². The molecule has 0 atom stereocenters. The quantitative estimate of drug-likeness (QED) is 0.612. The van der Waals surface area contributed by atoms with Gasteiger partial charge in [0.15, 0.2) is 0 Å². The highest BCUT2D eigenvalue weighted by Crippen LogP contribution is 1.97. The number of carbonyl (C=O) groups is 1. The molecular formula is C8H16N2O. The molecule has 0 bridgehead atoms. The van der Waals surface area contributed by atoms with Gasteiger partial charge in [0.25, 0.3) is 0 Å². The zero-order chi connectivity index (χ0) is 8.85. The van der Waals surface area contributed by atoms with Crippen LogP contribution in [0.5, 0.6) is 0 Å². The Labute approximate surface area is 68.1 Å². The molecule has 0 heterocycles. The largest absolute Gasteiger partial charge is 0.341 e. The maximum atomic E-state index is 11.1. The first kappa shape index (κ1) is 10.0. The fourth-order valence-corrected chi connectivity index (χ4v) is 0.811. The smallest absolute Gasteiger partial charge is 0.317 e. The van der Waals surface area contributed by atoms with Gasteiger partial charge in [0.05, 0.1) is 0 Å². The Hall–Kier alpha value is -0.990. The van der Waals surface area contributed by atoms with E-state index in [1.165, 1.54) is 0 Å². The van der Waals surface area contributed by atoms with Gasteiger partial charge in [0.1, 0.15) is 0 Å². The molecule has 1 N–H and O–H groups in total. The van der Waals surface area contributed by atoms with Gasteiger partial charge < -0.3 is 10.2 Å². The highest BCUT2D eigenvalue weighted by atomic mass is 16.2. The van der Waals surface area contributed by atoms with Crippen LogP contribution in [-0.2, 0) is 0 Å². The molecule has 64 valence electrons. The number of rotatable bonds is 3. The van der Waals surface area contributed by atoms with E-state index in [0.29, 0.717) is 6.54 Å². The SMILES string of the molecule is C=CCN(C(=O)NC)C(C)C. The van der Waals surface area contributed by atoms with Crippen molar-refractivity contribution in [2.45, 2.75) is 19.9 Å². The second-order valence-corrected chi connectivity index (χ2v) is 2.59. The third kappa shape index (κ3) is 3.07. The lowest BCUT2D eigenvalue weighted by molar-refractivity contribution is 0.192. The topological polar surface area (TPSA) is 32.3 Å². The van der Waals surface area contributed by atoms with E-state index < -0.39 is 0 Å². The molecule has 0 saturated carbocycles. The van der Waals surface area contributed by atoms with Crippen LogP contribution in [0.4, 0.5) is 4.79 Å². The molecule has 0 fully saturated rings. The molecule has 0 aliphatic carbocycles. The number of hydrogen-bond donors (Lipinski definition) is 1. The van der Waals surface area contributed by atoms with Crippen molar-refractivity contribution in [2.75, 3.05) is 13.6 Å². The number of amides is 2. The average Bonchev–Trinajstić information content (AvgIpc) is 1.98. The van der Waals surface area contributed by atoms with Crippen LogP contribution in [0.3, 0.4) is 0 Å². The highest BCUT2D eigenvalue weighted by Gasteiger charge is 2.12. The van der Waals surface area contributed by atoms with Gasteiger partial charge in [0, 0.05) is 19.6 Å².